The van der Waals surface area contributed by atoms with Crippen LogP contribution in [0, 0.1) is 6.92 Å². The van der Waals surface area contributed by atoms with Crippen LogP contribution in [0.1, 0.15) is 38.9 Å². The standard InChI is InChI=1S/C22H18N4O3/c1-12-6-8-14(9-7-12)21-24-19(20(23)29)17-11-18(28)26(22(17)25-21)16-5-3-4-15(10-16)13(2)27/h3-10H,11H2,1-2H3,(H2,23,29). The van der Waals surface area contributed by atoms with Gasteiger partial charge < -0.3 is 5.73 Å². The summed E-state index contributed by atoms with van der Waals surface area (Å²) >= 11 is 0. The van der Waals surface area contributed by atoms with Crippen LogP contribution in [-0.2, 0) is 11.2 Å². The molecule has 2 amide bonds. The highest BCUT2D eigenvalue weighted by Gasteiger charge is 2.35. The van der Waals surface area contributed by atoms with Gasteiger partial charge in [-0.2, -0.15) is 0 Å². The van der Waals surface area contributed by atoms with Crippen LogP contribution in [0.3, 0.4) is 0 Å². The SMILES string of the molecule is CC(=O)c1cccc(N2C(=O)Cc3c(C(N)=O)nc(-c4ccc(C)cc4)nc32)c1. The summed E-state index contributed by atoms with van der Waals surface area (Å²) in [5, 5.41) is 0. The van der Waals surface area contributed by atoms with E-state index in [1.165, 1.54) is 11.8 Å². The molecule has 0 atom stereocenters. The van der Waals surface area contributed by atoms with Crippen LogP contribution >= 0.6 is 0 Å². The molecule has 7 nitrogen and oxygen atoms in total. The van der Waals surface area contributed by atoms with E-state index in [0.717, 1.165) is 5.56 Å². The lowest BCUT2D eigenvalue weighted by atomic mass is 10.1. The van der Waals surface area contributed by atoms with E-state index < -0.39 is 5.91 Å². The molecule has 29 heavy (non-hydrogen) atoms. The Labute approximate surface area is 167 Å². The van der Waals surface area contributed by atoms with Crippen molar-refractivity contribution in [3.8, 4) is 11.4 Å². The number of fused-ring (bicyclic) bond motifs is 1. The van der Waals surface area contributed by atoms with Crippen LogP contribution < -0.4 is 10.6 Å². The summed E-state index contributed by atoms with van der Waals surface area (Å²) in [4.78, 5) is 46.9. The molecule has 0 unspecified atom stereocenters. The van der Waals surface area contributed by atoms with Crippen LogP contribution in [0.2, 0.25) is 0 Å². The highest BCUT2D eigenvalue weighted by molar-refractivity contribution is 6.10. The number of ketones is 1. The summed E-state index contributed by atoms with van der Waals surface area (Å²) in [5.74, 6) is -0.475. The lowest BCUT2D eigenvalue weighted by molar-refractivity contribution is -0.116. The smallest absolute Gasteiger partial charge is 0.267 e. The summed E-state index contributed by atoms with van der Waals surface area (Å²) in [6.07, 6.45) is -0.0356. The van der Waals surface area contributed by atoms with E-state index in [1.807, 2.05) is 31.2 Å². The van der Waals surface area contributed by atoms with Crippen molar-refractivity contribution in [2.45, 2.75) is 20.3 Å². The number of carbonyl (C=O) groups excluding carboxylic acids is 3. The molecule has 0 saturated carbocycles. The van der Waals surface area contributed by atoms with E-state index >= 15 is 0 Å². The first-order chi connectivity index (χ1) is 13.8. The molecule has 7 heteroatoms. The molecule has 1 aromatic heterocycles. The molecular formula is C22H18N4O3. The number of aromatic nitrogens is 2. The van der Waals surface area contributed by atoms with Crippen LogP contribution in [-0.4, -0.2) is 27.6 Å². The largest absolute Gasteiger partial charge is 0.364 e. The molecule has 1 aliphatic rings. The van der Waals surface area contributed by atoms with E-state index in [9.17, 15) is 14.4 Å². The molecule has 4 rings (SSSR count). The maximum Gasteiger partial charge on any atom is 0.267 e. The van der Waals surface area contributed by atoms with E-state index in [2.05, 4.69) is 9.97 Å². The summed E-state index contributed by atoms with van der Waals surface area (Å²) in [6, 6.07) is 14.3. The van der Waals surface area contributed by atoms with Gasteiger partial charge in [0, 0.05) is 16.7 Å². The van der Waals surface area contributed by atoms with Crippen LogP contribution in [0.25, 0.3) is 11.4 Å². The lowest BCUT2D eigenvalue weighted by Gasteiger charge is -2.18. The highest BCUT2D eigenvalue weighted by atomic mass is 16.2. The zero-order chi connectivity index (χ0) is 20.7. The van der Waals surface area contributed by atoms with Crippen molar-refractivity contribution in [1.82, 2.24) is 9.97 Å². The number of aryl methyl sites for hydroxylation is 1. The Bertz CT molecular complexity index is 1170. The van der Waals surface area contributed by atoms with Gasteiger partial charge in [0.25, 0.3) is 5.91 Å². The third-order valence-corrected chi connectivity index (χ3v) is 4.83. The van der Waals surface area contributed by atoms with Gasteiger partial charge >= 0.3 is 0 Å². The first-order valence-electron chi connectivity index (χ1n) is 9.07. The third-order valence-electron chi connectivity index (χ3n) is 4.83. The van der Waals surface area contributed by atoms with Gasteiger partial charge in [-0.3, -0.25) is 19.3 Å². The van der Waals surface area contributed by atoms with Crippen molar-refractivity contribution in [3.63, 3.8) is 0 Å². The number of primary amides is 1. The Balaban J connectivity index is 1.91. The molecule has 2 heterocycles. The highest BCUT2D eigenvalue weighted by Crippen LogP contribution is 2.37. The second kappa shape index (κ2) is 6.94. The van der Waals surface area contributed by atoms with Crippen LogP contribution in [0.15, 0.2) is 48.5 Å². The second-order valence-electron chi connectivity index (χ2n) is 6.94. The minimum absolute atomic E-state index is 0.0316. The number of nitrogens with zero attached hydrogens (tertiary/aromatic N) is 3. The molecule has 3 aromatic rings. The number of anilines is 2. The number of hydrogen-bond donors (Lipinski definition) is 1. The Morgan fingerprint density at radius 1 is 1.07 bits per heavy atom. The topological polar surface area (TPSA) is 106 Å². The van der Waals surface area contributed by atoms with Gasteiger partial charge in [0.2, 0.25) is 5.91 Å². The number of carbonyl (C=O) groups is 3. The number of amides is 2. The molecule has 0 bridgehead atoms. The van der Waals surface area contributed by atoms with Gasteiger partial charge in [-0.05, 0) is 26.0 Å². The van der Waals surface area contributed by atoms with Crippen molar-refractivity contribution in [3.05, 3.63) is 70.9 Å². The molecule has 0 spiro atoms. The summed E-state index contributed by atoms with van der Waals surface area (Å²) < 4.78 is 0. The van der Waals surface area contributed by atoms with Gasteiger partial charge in [-0.15, -0.1) is 0 Å². The third kappa shape index (κ3) is 3.27. The molecule has 0 aliphatic carbocycles. The minimum Gasteiger partial charge on any atom is -0.364 e. The maximum absolute atomic E-state index is 12.8. The summed E-state index contributed by atoms with van der Waals surface area (Å²) in [6.45, 7) is 3.42. The molecule has 0 radical (unpaired) electrons. The minimum atomic E-state index is -0.718. The second-order valence-corrected chi connectivity index (χ2v) is 6.94. The van der Waals surface area contributed by atoms with Crippen molar-refractivity contribution in [1.29, 1.82) is 0 Å². The zero-order valence-electron chi connectivity index (χ0n) is 16.0. The van der Waals surface area contributed by atoms with Crippen LogP contribution in [0.4, 0.5) is 11.5 Å². The monoisotopic (exact) mass is 386 g/mol. The van der Waals surface area contributed by atoms with E-state index in [4.69, 9.17) is 5.73 Å². The van der Waals surface area contributed by atoms with Crippen molar-refractivity contribution in [2.24, 2.45) is 5.73 Å². The summed E-state index contributed by atoms with van der Waals surface area (Å²) in [7, 11) is 0. The zero-order valence-corrected chi connectivity index (χ0v) is 16.0. The van der Waals surface area contributed by atoms with Crippen molar-refractivity contribution in [2.75, 3.05) is 4.90 Å². The quantitative estimate of drug-likeness (QED) is 0.694. The maximum atomic E-state index is 12.8. The Kier molecular flexibility index (Phi) is 4.43. The lowest BCUT2D eigenvalue weighted by Crippen LogP contribution is -2.22. The molecule has 0 saturated heterocycles. The number of hydrogen-bond acceptors (Lipinski definition) is 5. The van der Waals surface area contributed by atoms with Gasteiger partial charge in [0.1, 0.15) is 11.5 Å². The fourth-order valence-electron chi connectivity index (χ4n) is 3.33. The first-order valence-corrected chi connectivity index (χ1v) is 9.07. The van der Waals surface area contributed by atoms with E-state index in [-0.39, 0.29) is 23.8 Å². The van der Waals surface area contributed by atoms with Gasteiger partial charge in [0.15, 0.2) is 11.6 Å². The van der Waals surface area contributed by atoms with Crippen molar-refractivity contribution >= 4 is 29.1 Å². The fraction of sp³-hybridized carbons (Fsp3) is 0.136. The van der Waals surface area contributed by atoms with E-state index in [1.54, 1.807) is 24.3 Å². The molecule has 2 N–H and O–H groups in total. The average molecular weight is 386 g/mol. The average Bonchev–Trinajstić information content (AvgIpc) is 3.03. The normalized spacial score (nSPS) is 12.8. The number of nitrogens with two attached hydrogens (primary N) is 1. The van der Waals surface area contributed by atoms with Gasteiger partial charge in [0.05, 0.1) is 12.1 Å². The molecular weight excluding hydrogens is 368 g/mol. The summed E-state index contributed by atoms with van der Waals surface area (Å²) in [5.41, 5.74) is 8.74. The van der Waals surface area contributed by atoms with E-state index in [0.29, 0.717) is 34.0 Å². The molecule has 2 aromatic carbocycles. The van der Waals surface area contributed by atoms with Crippen LogP contribution in [0.5, 0.6) is 0 Å². The number of benzene rings is 2. The predicted molar refractivity (Wildman–Crippen MR) is 108 cm³/mol. The molecule has 0 fully saturated rings. The molecule has 1 aliphatic heterocycles. The fourth-order valence-corrected chi connectivity index (χ4v) is 3.33. The number of Topliss-reactive ketones (excluding diaryl/α,β-unsaturated/α-hetero) is 1. The van der Waals surface area contributed by atoms with Gasteiger partial charge in [-0.1, -0.05) is 42.0 Å². The molecule has 144 valence electrons. The van der Waals surface area contributed by atoms with Crippen molar-refractivity contribution < 1.29 is 14.4 Å². The first kappa shape index (κ1) is 18.5. The van der Waals surface area contributed by atoms with Gasteiger partial charge in [-0.25, -0.2) is 9.97 Å². The predicted octanol–water partition coefficient (Wildman–Crippen LogP) is 2.97. The Morgan fingerprint density at radius 2 is 1.79 bits per heavy atom. The number of rotatable bonds is 4. The Morgan fingerprint density at radius 3 is 2.45 bits per heavy atom. The Hall–Kier alpha value is -3.87.